The Bertz CT molecular complexity index is 517. The smallest absolute Gasteiger partial charge is 0.325 e. The molecule has 96 valence electrons. The zero-order valence-corrected chi connectivity index (χ0v) is 9.21. The molecule has 0 aliphatic carbocycles. The Kier molecular flexibility index (Phi) is 3.93. The number of hydrogen-bond donors (Lipinski definition) is 2. The van der Waals surface area contributed by atoms with Crippen molar-refractivity contribution in [1.82, 2.24) is 5.32 Å². The van der Waals surface area contributed by atoms with Crippen LogP contribution in [0, 0.1) is 15.9 Å². The van der Waals surface area contributed by atoms with Crippen LogP contribution < -0.4 is 5.32 Å². The van der Waals surface area contributed by atoms with Crippen LogP contribution in [0.4, 0.5) is 10.1 Å². The number of nitrogens with zero attached hydrogens (tertiary/aromatic N) is 1. The molecule has 0 saturated carbocycles. The number of nitro benzene ring substituents is 1. The van der Waals surface area contributed by atoms with Gasteiger partial charge in [0.15, 0.2) is 0 Å². The van der Waals surface area contributed by atoms with Crippen LogP contribution in [0.3, 0.4) is 0 Å². The van der Waals surface area contributed by atoms with Crippen molar-refractivity contribution < 1.29 is 24.0 Å². The average Bonchev–Trinajstić information content (AvgIpc) is 2.28. The number of hydrogen-bond acceptors (Lipinski definition) is 4. The lowest BCUT2D eigenvalue weighted by molar-refractivity contribution is -0.384. The number of halogens is 1. The number of amides is 1. The molecule has 0 heterocycles. The van der Waals surface area contributed by atoms with Gasteiger partial charge in [0.2, 0.25) is 0 Å². The molecule has 1 atom stereocenters. The first-order valence-corrected chi connectivity index (χ1v) is 4.80. The van der Waals surface area contributed by atoms with E-state index in [1.807, 2.05) is 5.32 Å². The van der Waals surface area contributed by atoms with Gasteiger partial charge >= 0.3 is 5.97 Å². The largest absolute Gasteiger partial charge is 0.480 e. The van der Waals surface area contributed by atoms with Crippen LogP contribution in [0.15, 0.2) is 18.2 Å². The Morgan fingerprint density at radius 2 is 2.11 bits per heavy atom. The molecule has 1 aromatic rings. The second kappa shape index (κ2) is 5.21. The molecule has 0 spiro atoms. The van der Waals surface area contributed by atoms with Crippen molar-refractivity contribution in [2.24, 2.45) is 0 Å². The fraction of sp³-hybridized carbons (Fsp3) is 0.200. The van der Waals surface area contributed by atoms with Gasteiger partial charge in [0.25, 0.3) is 11.6 Å². The topological polar surface area (TPSA) is 110 Å². The summed E-state index contributed by atoms with van der Waals surface area (Å²) in [6.07, 6.45) is 0. The maximum atomic E-state index is 13.3. The number of non-ortho nitro benzene ring substituents is 1. The molecule has 0 fully saturated rings. The lowest BCUT2D eigenvalue weighted by Crippen LogP contribution is -2.38. The van der Waals surface area contributed by atoms with E-state index in [4.69, 9.17) is 5.11 Å². The third kappa shape index (κ3) is 3.00. The molecule has 0 aromatic heterocycles. The molecule has 1 rings (SSSR count). The van der Waals surface area contributed by atoms with Crippen LogP contribution in [0.5, 0.6) is 0 Å². The molecule has 0 radical (unpaired) electrons. The third-order valence-corrected chi connectivity index (χ3v) is 2.12. The second-order valence-electron chi connectivity index (χ2n) is 3.45. The van der Waals surface area contributed by atoms with Crippen LogP contribution in [0.2, 0.25) is 0 Å². The van der Waals surface area contributed by atoms with E-state index in [9.17, 15) is 24.1 Å². The van der Waals surface area contributed by atoms with Gasteiger partial charge in [0.1, 0.15) is 11.9 Å². The van der Waals surface area contributed by atoms with E-state index in [1.165, 1.54) is 6.92 Å². The van der Waals surface area contributed by atoms with Gasteiger partial charge in [-0.1, -0.05) is 0 Å². The number of rotatable bonds is 4. The molecule has 1 aromatic carbocycles. The van der Waals surface area contributed by atoms with Gasteiger partial charge in [-0.25, -0.2) is 4.39 Å². The summed E-state index contributed by atoms with van der Waals surface area (Å²) in [7, 11) is 0. The number of carbonyl (C=O) groups excluding carboxylic acids is 1. The number of carbonyl (C=O) groups is 2. The molecule has 0 saturated heterocycles. The highest BCUT2D eigenvalue weighted by atomic mass is 19.1. The fourth-order valence-electron chi connectivity index (χ4n) is 1.14. The van der Waals surface area contributed by atoms with E-state index in [0.29, 0.717) is 0 Å². The molecule has 2 N–H and O–H groups in total. The monoisotopic (exact) mass is 256 g/mol. The zero-order chi connectivity index (χ0) is 13.9. The highest BCUT2D eigenvalue weighted by Crippen LogP contribution is 2.16. The van der Waals surface area contributed by atoms with E-state index >= 15 is 0 Å². The van der Waals surface area contributed by atoms with E-state index in [0.717, 1.165) is 18.2 Å². The second-order valence-corrected chi connectivity index (χ2v) is 3.45. The Morgan fingerprint density at radius 3 is 2.61 bits per heavy atom. The first kappa shape index (κ1) is 13.6. The molecule has 0 aliphatic rings. The van der Waals surface area contributed by atoms with Crippen molar-refractivity contribution in [3.05, 3.63) is 39.7 Å². The summed E-state index contributed by atoms with van der Waals surface area (Å²) in [5, 5.41) is 21.0. The van der Waals surface area contributed by atoms with Crippen molar-refractivity contribution in [2.45, 2.75) is 13.0 Å². The quantitative estimate of drug-likeness (QED) is 0.615. The van der Waals surface area contributed by atoms with Gasteiger partial charge in [-0.05, 0) is 13.0 Å². The number of benzene rings is 1. The summed E-state index contributed by atoms with van der Waals surface area (Å²) < 4.78 is 13.3. The Balaban J connectivity index is 3.01. The number of nitro groups is 1. The molecular weight excluding hydrogens is 247 g/mol. The summed E-state index contributed by atoms with van der Waals surface area (Å²) in [6.45, 7) is 1.19. The highest BCUT2D eigenvalue weighted by Gasteiger charge is 2.20. The van der Waals surface area contributed by atoms with Gasteiger partial charge < -0.3 is 10.4 Å². The van der Waals surface area contributed by atoms with Crippen molar-refractivity contribution in [3.63, 3.8) is 0 Å². The van der Waals surface area contributed by atoms with Crippen LogP contribution in [0.25, 0.3) is 0 Å². The van der Waals surface area contributed by atoms with Gasteiger partial charge in [-0.15, -0.1) is 0 Å². The minimum atomic E-state index is -1.30. The number of nitrogens with one attached hydrogen (secondary N) is 1. The van der Waals surface area contributed by atoms with Crippen molar-refractivity contribution in [1.29, 1.82) is 0 Å². The van der Waals surface area contributed by atoms with Crippen molar-refractivity contribution in [3.8, 4) is 0 Å². The van der Waals surface area contributed by atoms with Crippen molar-refractivity contribution in [2.75, 3.05) is 0 Å². The van der Waals surface area contributed by atoms with Gasteiger partial charge in [-0.2, -0.15) is 0 Å². The van der Waals surface area contributed by atoms with E-state index in [-0.39, 0.29) is 0 Å². The normalized spacial score (nSPS) is 11.7. The highest BCUT2D eigenvalue weighted by molar-refractivity contribution is 5.97. The zero-order valence-electron chi connectivity index (χ0n) is 9.21. The standard InChI is InChI=1S/C10H9FN2O5/c1-5(10(15)16)12-9(14)7-4-6(13(17)18)2-3-8(7)11/h2-5H,1H3,(H,12,14)(H,15,16)/t5-/m0/s1. The predicted molar refractivity (Wildman–Crippen MR) is 57.6 cm³/mol. The minimum Gasteiger partial charge on any atom is -0.480 e. The summed E-state index contributed by atoms with van der Waals surface area (Å²) in [4.78, 5) is 31.7. The maximum absolute atomic E-state index is 13.3. The van der Waals surface area contributed by atoms with Crippen LogP contribution in [0.1, 0.15) is 17.3 Å². The van der Waals surface area contributed by atoms with E-state index in [2.05, 4.69) is 0 Å². The van der Waals surface area contributed by atoms with Crippen LogP contribution >= 0.6 is 0 Å². The minimum absolute atomic E-state index is 0.454. The molecule has 1 amide bonds. The molecule has 0 unspecified atom stereocenters. The molecule has 8 heteroatoms. The third-order valence-electron chi connectivity index (χ3n) is 2.12. The van der Waals surface area contributed by atoms with Crippen molar-refractivity contribution >= 4 is 17.6 Å². The van der Waals surface area contributed by atoms with Crippen LogP contribution in [-0.4, -0.2) is 27.9 Å². The SMILES string of the molecule is C[C@H](NC(=O)c1cc([N+](=O)[O-])ccc1F)C(=O)O. The first-order chi connectivity index (χ1) is 8.32. The lowest BCUT2D eigenvalue weighted by atomic mass is 10.1. The summed E-state index contributed by atoms with van der Waals surface area (Å²) in [5.74, 6) is -3.28. The number of carboxylic acids is 1. The Hall–Kier alpha value is -2.51. The molecule has 0 aliphatic heterocycles. The number of aliphatic carboxylic acids is 1. The van der Waals surface area contributed by atoms with Crippen LogP contribution in [-0.2, 0) is 4.79 Å². The van der Waals surface area contributed by atoms with Gasteiger partial charge in [-0.3, -0.25) is 19.7 Å². The average molecular weight is 256 g/mol. The fourth-order valence-corrected chi connectivity index (χ4v) is 1.14. The summed E-state index contributed by atoms with van der Waals surface area (Å²) in [6, 6.07) is 1.21. The lowest BCUT2D eigenvalue weighted by Gasteiger charge is -2.09. The van der Waals surface area contributed by atoms with Gasteiger partial charge in [0.05, 0.1) is 10.5 Å². The Labute approximate surface area is 100 Å². The van der Waals surface area contributed by atoms with Gasteiger partial charge in [0, 0.05) is 12.1 Å². The Morgan fingerprint density at radius 1 is 1.50 bits per heavy atom. The first-order valence-electron chi connectivity index (χ1n) is 4.80. The summed E-state index contributed by atoms with van der Waals surface area (Å²) >= 11 is 0. The van der Waals surface area contributed by atoms with E-state index in [1.54, 1.807) is 0 Å². The maximum Gasteiger partial charge on any atom is 0.325 e. The van der Waals surface area contributed by atoms with E-state index < -0.39 is 39.9 Å². The molecule has 0 bridgehead atoms. The predicted octanol–water partition coefficient (Wildman–Crippen LogP) is 0.937. The summed E-state index contributed by atoms with van der Waals surface area (Å²) in [5.41, 5.74) is -1.03. The molecule has 18 heavy (non-hydrogen) atoms. The molecule has 7 nitrogen and oxygen atoms in total. The number of carboxylic acid groups (broad SMARTS) is 1. The molecular formula is C10H9FN2O5.